The van der Waals surface area contributed by atoms with Gasteiger partial charge >= 0.3 is 0 Å². The van der Waals surface area contributed by atoms with Crippen molar-refractivity contribution < 1.29 is 4.74 Å². The normalized spacial score (nSPS) is 12.8. The second-order valence-corrected chi connectivity index (χ2v) is 15.5. The van der Waals surface area contributed by atoms with Gasteiger partial charge in [0.25, 0.3) is 0 Å². The lowest BCUT2D eigenvalue weighted by Crippen LogP contribution is -2.27. The van der Waals surface area contributed by atoms with Crippen LogP contribution in [-0.2, 0) is 12.0 Å². The molecule has 0 spiro atoms. The topological polar surface area (TPSA) is 33.5 Å². The molecule has 5 nitrogen and oxygen atoms in total. The van der Waals surface area contributed by atoms with Gasteiger partial charge in [-0.05, 0) is 113 Å². The number of ether oxygens (including phenoxy) is 1. The molecule has 0 atom stereocenters. The number of pyridine rings is 1. The number of rotatable bonds is 7. The average Bonchev–Trinajstić information content (AvgIpc) is 3.69. The van der Waals surface area contributed by atoms with Crippen molar-refractivity contribution in [1.29, 1.82) is 0 Å². The number of para-hydroxylation sites is 1. The SMILES string of the molecule is Cc1cc2c(cc1C)N(c1cccc(Oc3ccc4c5ccccc5n(-c5cc(C(C)(C)C)ccn5)c4c3)c1)CN2Cc1cccc(-c2ccccc2)c1. The zero-order valence-electron chi connectivity index (χ0n) is 31.5. The fourth-order valence-corrected chi connectivity index (χ4v) is 7.75. The lowest BCUT2D eigenvalue weighted by atomic mass is 9.88. The summed E-state index contributed by atoms with van der Waals surface area (Å²) in [4.78, 5) is 9.75. The molecule has 3 heterocycles. The van der Waals surface area contributed by atoms with E-state index in [-0.39, 0.29) is 5.41 Å². The van der Waals surface area contributed by atoms with Crippen LogP contribution in [0.5, 0.6) is 11.5 Å². The Hall–Kier alpha value is -6.33. The van der Waals surface area contributed by atoms with Gasteiger partial charge in [-0.25, -0.2) is 4.98 Å². The third-order valence-electron chi connectivity index (χ3n) is 10.8. The van der Waals surface area contributed by atoms with E-state index >= 15 is 0 Å². The van der Waals surface area contributed by atoms with Crippen molar-refractivity contribution in [1.82, 2.24) is 9.55 Å². The smallest absolute Gasteiger partial charge is 0.137 e. The first-order chi connectivity index (χ1) is 26.2. The van der Waals surface area contributed by atoms with Crippen LogP contribution in [0.4, 0.5) is 17.1 Å². The van der Waals surface area contributed by atoms with Gasteiger partial charge in [0.2, 0.25) is 0 Å². The van der Waals surface area contributed by atoms with Crippen LogP contribution in [0, 0.1) is 13.8 Å². The Morgan fingerprint density at radius 2 is 1.33 bits per heavy atom. The van der Waals surface area contributed by atoms with Gasteiger partial charge in [-0.1, -0.05) is 93.6 Å². The van der Waals surface area contributed by atoms with Crippen LogP contribution >= 0.6 is 0 Å². The van der Waals surface area contributed by atoms with E-state index in [2.05, 4.69) is 189 Å². The molecule has 5 heteroatoms. The second kappa shape index (κ2) is 13.3. The standard InChI is InChI=1S/C49H44N4O/c1-33-25-46-47(26-34(33)2)52(32-51(46)31-35-13-11-16-37(27-35)36-14-7-6-8-15-36)39-17-12-18-40(29-39)54-41-21-22-43-42-19-9-10-20-44(42)53(45(43)30-41)48-28-38(23-24-50-48)49(3,4)5/h6-30H,31-32H2,1-5H3. The van der Waals surface area contributed by atoms with E-state index < -0.39 is 0 Å². The van der Waals surface area contributed by atoms with Crippen LogP contribution in [0.3, 0.4) is 0 Å². The van der Waals surface area contributed by atoms with Gasteiger partial charge in [0, 0.05) is 41.3 Å². The Morgan fingerprint density at radius 1 is 0.611 bits per heavy atom. The molecule has 1 aliphatic rings. The molecule has 0 N–H and O–H groups in total. The van der Waals surface area contributed by atoms with E-state index in [1.165, 1.54) is 55.5 Å². The number of hydrogen-bond donors (Lipinski definition) is 0. The molecule has 266 valence electrons. The first-order valence-electron chi connectivity index (χ1n) is 18.8. The highest BCUT2D eigenvalue weighted by Crippen LogP contribution is 2.44. The van der Waals surface area contributed by atoms with Crippen LogP contribution in [0.2, 0.25) is 0 Å². The Bertz CT molecular complexity index is 2670. The summed E-state index contributed by atoms with van der Waals surface area (Å²) in [5.74, 6) is 2.48. The number of fused-ring (bicyclic) bond motifs is 4. The van der Waals surface area contributed by atoms with Gasteiger partial charge < -0.3 is 14.5 Å². The third-order valence-corrected chi connectivity index (χ3v) is 10.8. The molecule has 2 aromatic heterocycles. The number of benzene rings is 6. The zero-order valence-corrected chi connectivity index (χ0v) is 31.5. The number of nitrogens with zero attached hydrogens (tertiary/aromatic N) is 4. The van der Waals surface area contributed by atoms with Gasteiger partial charge in [-0.15, -0.1) is 0 Å². The predicted molar refractivity (Wildman–Crippen MR) is 225 cm³/mol. The summed E-state index contributed by atoms with van der Waals surface area (Å²) < 4.78 is 8.95. The molecule has 9 rings (SSSR count). The zero-order chi connectivity index (χ0) is 37.0. The second-order valence-electron chi connectivity index (χ2n) is 15.5. The molecule has 0 fully saturated rings. The van der Waals surface area contributed by atoms with Crippen molar-refractivity contribution in [3.63, 3.8) is 0 Å². The number of aryl methyl sites for hydroxylation is 2. The minimum Gasteiger partial charge on any atom is -0.457 e. The van der Waals surface area contributed by atoms with Crippen molar-refractivity contribution in [3.8, 4) is 28.4 Å². The van der Waals surface area contributed by atoms with E-state index in [0.29, 0.717) is 0 Å². The summed E-state index contributed by atoms with van der Waals surface area (Å²) in [7, 11) is 0. The monoisotopic (exact) mass is 704 g/mol. The van der Waals surface area contributed by atoms with E-state index in [1.807, 2.05) is 12.3 Å². The molecule has 0 saturated carbocycles. The molecular weight excluding hydrogens is 661 g/mol. The van der Waals surface area contributed by atoms with E-state index in [9.17, 15) is 0 Å². The van der Waals surface area contributed by atoms with Crippen molar-refractivity contribution in [2.45, 2.75) is 46.6 Å². The summed E-state index contributed by atoms with van der Waals surface area (Å²) in [6, 6.07) is 52.0. The maximum atomic E-state index is 6.69. The van der Waals surface area contributed by atoms with Crippen molar-refractivity contribution in [2.75, 3.05) is 16.5 Å². The summed E-state index contributed by atoms with van der Waals surface area (Å²) in [5, 5.41) is 2.36. The highest BCUT2D eigenvalue weighted by atomic mass is 16.5. The summed E-state index contributed by atoms with van der Waals surface area (Å²) in [6.07, 6.45) is 1.92. The molecule has 8 aromatic rings. The highest BCUT2D eigenvalue weighted by molar-refractivity contribution is 6.09. The summed E-state index contributed by atoms with van der Waals surface area (Å²) >= 11 is 0. The summed E-state index contributed by atoms with van der Waals surface area (Å²) in [6.45, 7) is 12.7. The number of aromatic nitrogens is 2. The maximum absolute atomic E-state index is 6.69. The predicted octanol–water partition coefficient (Wildman–Crippen LogP) is 12.7. The van der Waals surface area contributed by atoms with Crippen LogP contribution in [0.1, 0.15) is 43.0 Å². The molecule has 1 aliphatic heterocycles. The molecule has 0 saturated heterocycles. The molecule has 0 aliphatic carbocycles. The summed E-state index contributed by atoms with van der Waals surface area (Å²) in [5.41, 5.74) is 13.3. The van der Waals surface area contributed by atoms with Gasteiger partial charge in [-0.2, -0.15) is 0 Å². The first kappa shape index (κ1) is 33.5. The minimum absolute atomic E-state index is 0.00754. The van der Waals surface area contributed by atoms with Crippen molar-refractivity contribution >= 4 is 38.9 Å². The van der Waals surface area contributed by atoms with Crippen LogP contribution in [-0.4, -0.2) is 16.2 Å². The molecule has 54 heavy (non-hydrogen) atoms. The fraction of sp³-hybridized carbons (Fsp3) is 0.163. The molecule has 6 aromatic carbocycles. The van der Waals surface area contributed by atoms with Crippen LogP contribution < -0.4 is 14.5 Å². The van der Waals surface area contributed by atoms with E-state index in [1.54, 1.807) is 0 Å². The number of hydrogen-bond acceptors (Lipinski definition) is 4. The lowest BCUT2D eigenvalue weighted by molar-refractivity contribution is 0.483. The Balaban J connectivity index is 1.04. The molecular formula is C49H44N4O. The molecule has 0 amide bonds. The van der Waals surface area contributed by atoms with Gasteiger partial charge in [0.05, 0.1) is 29.1 Å². The van der Waals surface area contributed by atoms with E-state index in [4.69, 9.17) is 9.72 Å². The fourth-order valence-electron chi connectivity index (χ4n) is 7.75. The van der Waals surface area contributed by atoms with E-state index in [0.717, 1.165) is 47.3 Å². The van der Waals surface area contributed by atoms with Crippen molar-refractivity contribution in [3.05, 3.63) is 174 Å². The Labute approximate surface area is 317 Å². The Kier molecular flexibility index (Phi) is 8.23. The van der Waals surface area contributed by atoms with Gasteiger partial charge in [0.15, 0.2) is 0 Å². The lowest BCUT2D eigenvalue weighted by Gasteiger charge is -2.23. The quantitative estimate of drug-likeness (QED) is 0.165. The first-order valence-corrected chi connectivity index (χ1v) is 18.8. The van der Waals surface area contributed by atoms with Crippen LogP contribution in [0.15, 0.2) is 152 Å². The van der Waals surface area contributed by atoms with Gasteiger partial charge in [0.1, 0.15) is 17.3 Å². The molecule has 0 bridgehead atoms. The Morgan fingerprint density at radius 3 is 2.17 bits per heavy atom. The van der Waals surface area contributed by atoms with Crippen LogP contribution in [0.25, 0.3) is 38.8 Å². The molecule has 0 radical (unpaired) electrons. The largest absolute Gasteiger partial charge is 0.457 e. The third kappa shape index (κ3) is 6.16. The highest BCUT2D eigenvalue weighted by Gasteiger charge is 2.28. The van der Waals surface area contributed by atoms with Crippen molar-refractivity contribution in [2.24, 2.45) is 0 Å². The maximum Gasteiger partial charge on any atom is 0.137 e. The minimum atomic E-state index is 0.00754. The average molecular weight is 705 g/mol. The van der Waals surface area contributed by atoms with Gasteiger partial charge in [-0.3, -0.25) is 4.57 Å². The number of anilines is 3. The molecule has 0 unspecified atom stereocenters.